The molecule has 2 amide bonds. The Hall–Kier alpha value is -2.02. The maximum atomic E-state index is 11.6. The molecule has 3 N–H and O–H groups in total. The van der Waals surface area contributed by atoms with Crippen molar-refractivity contribution in [3.05, 3.63) is 30.3 Å². The van der Waals surface area contributed by atoms with Crippen LogP contribution in [-0.4, -0.2) is 40.9 Å². The summed E-state index contributed by atoms with van der Waals surface area (Å²) in [6.07, 6.45) is 0.337. The SMILES string of the molecule is O=CNC(CSCC(=O)Nc1ccccc1)C(=O)O. The summed E-state index contributed by atoms with van der Waals surface area (Å²) in [5.41, 5.74) is 0.689. The molecule has 0 bridgehead atoms. The minimum absolute atomic E-state index is 0.124. The van der Waals surface area contributed by atoms with E-state index in [9.17, 15) is 14.4 Å². The zero-order valence-electron chi connectivity index (χ0n) is 10.0. The summed E-state index contributed by atoms with van der Waals surface area (Å²) in [6, 6.07) is 7.99. The van der Waals surface area contributed by atoms with Gasteiger partial charge in [0.25, 0.3) is 0 Å². The summed E-state index contributed by atoms with van der Waals surface area (Å²) < 4.78 is 0. The van der Waals surface area contributed by atoms with Crippen molar-refractivity contribution in [2.45, 2.75) is 6.04 Å². The van der Waals surface area contributed by atoms with Crippen LogP contribution in [0.1, 0.15) is 0 Å². The van der Waals surface area contributed by atoms with Gasteiger partial charge in [-0.1, -0.05) is 18.2 Å². The molecule has 0 fully saturated rings. The van der Waals surface area contributed by atoms with Gasteiger partial charge in [-0.3, -0.25) is 9.59 Å². The molecule has 1 rings (SSSR count). The van der Waals surface area contributed by atoms with E-state index in [0.717, 1.165) is 11.8 Å². The summed E-state index contributed by atoms with van der Waals surface area (Å²) in [5, 5.41) is 13.6. The maximum Gasteiger partial charge on any atom is 0.327 e. The van der Waals surface area contributed by atoms with Gasteiger partial charge in [-0.2, -0.15) is 0 Å². The average Bonchev–Trinajstić information content (AvgIpc) is 2.38. The Morgan fingerprint density at radius 2 is 2.00 bits per heavy atom. The molecule has 0 aromatic heterocycles. The summed E-state index contributed by atoms with van der Waals surface area (Å²) >= 11 is 1.14. The van der Waals surface area contributed by atoms with Crippen LogP contribution in [0.3, 0.4) is 0 Å². The number of carbonyl (C=O) groups excluding carboxylic acids is 2. The molecule has 0 aliphatic carbocycles. The quantitative estimate of drug-likeness (QED) is 0.605. The number of para-hydroxylation sites is 1. The fourth-order valence-corrected chi connectivity index (χ4v) is 2.11. The summed E-state index contributed by atoms with van der Waals surface area (Å²) in [6.45, 7) is 0. The van der Waals surface area contributed by atoms with Crippen LogP contribution in [-0.2, 0) is 14.4 Å². The summed E-state index contributed by atoms with van der Waals surface area (Å²) in [4.78, 5) is 32.5. The van der Waals surface area contributed by atoms with Crippen LogP contribution in [0.5, 0.6) is 0 Å². The highest BCUT2D eigenvalue weighted by atomic mass is 32.2. The number of anilines is 1. The lowest BCUT2D eigenvalue weighted by molar-refractivity contribution is -0.139. The number of rotatable bonds is 8. The van der Waals surface area contributed by atoms with E-state index in [1.165, 1.54) is 0 Å². The monoisotopic (exact) mass is 282 g/mol. The first-order chi connectivity index (χ1) is 9.13. The zero-order valence-corrected chi connectivity index (χ0v) is 10.9. The normalized spacial score (nSPS) is 11.4. The van der Waals surface area contributed by atoms with Gasteiger partial charge in [-0.25, -0.2) is 4.79 Å². The van der Waals surface area contributed by atoms with Crippen LogP contribution in [0.2, 0.25) is 0 Å². The Kier molecular flexibility index (Phi) is 6.45. The van der Waals surface area contributed by atoms with Crippen LogP contribution in [0.15, 0.2) is 30.3 Å². The molecule has 6 nitrogen and oxygen atoms in total. The van der Waals surface area contributed by atoms with Gasteiger partial charge in [0.05, 0.1) is 5.75 Å². The molecule has 102 valence electrons. The second-order valence-electron chi connectivity index (χ2n) is 3.60. The van der Waals surface area contributed by atoms with E-state index in [-0.39, 0.29) is 17.4 Å². The molecule has 1 aromatic rings. The maximum absolute atomic E-state index is 11.6. The summed E-state index contributed by atoms with van der Waals surface area (Å²) in [7, 11) is 0. The average molecular weight is 282 g/mol. The molecule has 0 saturated carbocycles. The van der Waals surface area contributed by atoms with Crippen molar-refractivity contribution < 1.29 is 19.5 Å². The lowest BCUT2D eigenvalue weighted by Gasteiger charge is -2.10. The van der Waals surface area contributed by atoms with E-state index in [1.807, 2.05) is 6.07 Å². The van der Waals surface area contributed by atoms with Crippen molar-refractivity contribution in [2.24, 2.45) is 0 Å². The molecule has 0 spiro atoms. The number of hydrogen-bond acceptors (Lipinski definition) is 4. The van der Waals surface area contributed by atoms with Crippen LogP contribution in [0, 0.1) is 0 Å². The van der Waals surface area contributed by atoms with E-state index in [2.05, 4.69) is 10.6 Å². The van der Waals surface area contributed by atoms with Gasteiger partial charge >= 0.3 is 5.97 Å². The van der Waals surface area contributed by atoms with E-state index >= 15 is 0 Å². The van der Waals surface area contributed by atoms with Gasteiger partial charge in [0.2, 0.25) is 12.3 Å². The Balaban J connectivity index is 2.30. The minimum Gasteiger partial charge on any atom is -0.480 e. The largest absolute Gasteiger partial charge is 0.480 e. The van der Waals surface area contributed by atoms with E-state index in [0.29, 0.717) is 12.1 Å². The third kappa shape index (κ3) is 5.91. The first kappa shape index (κ1) is 15.0. The van der Waals surface area contributed by atoms with Gasteiger partial charge in [0, 0.05) is 11.4 Å². The Morgan fingerprint density at radius 3 is 2.58 bits per heavy atom. The van der Waals surface area contributed by atoms with Crippen molar-refractivity contribution in [3.8, 4) is 0 Å². The zero-order chi connectivity index (χ0) is 14.1. The lowest BCUT2D eigenvalue weighted by Crippen LogP contribution is -2.38. The Bertz CT molecular complexity index is 439. The molecule has 0 heterocycles. The molecule has 1 aromatic carbocycles. The molecule has 1 atom stereocenters. The number of carboxylic acids is 1. The Labute approximate surface area is 114 Å². The highest BCUT2D eigenvalue weighted by molar-refractivity contribution is 8.00. The molecular formula is C12H14N2O4S. The van der Waals surface area contributed by atoms with Crippen molar-refractivity contribution in [1.29, 1.82) is 0 Å². The third-order valence-corrected chi connectivity index (χ3v) is 3.18. The van der Waals surface area contributed by atoms with Crippen LogP contribution < -0.4 is 10.6 Å². The fourth-order valence-electron chi connectivity index (χ4n) is 1.26. The molecule has 0 aliphatic rings. The van der Waals surface area contributed by atoms with Crippen molar-refractivity contribution in [2.75, 3.05) is 16.8 Å². The van der Waals surface area contributed by atoms with Crippen molar-refractivity contribution in [3.63, 3.8) is 0 Å². The van der Waals surface area contributed by atoms with E-state index in [1.54, 1.807) is 24.3 Å². The van der Waals surface area contributed by atoms with Gasteiger partial charge in [-0.05, 0) is 12.1 Å². The topological polar surface area (TPSA) is 95.5 Å². The standard InChI is InChI=1S/C12H14N2O4S/c15-8-13-10(12(17)18)6-19-7-11(16)14-9-4-2-1-3-5-9/h1-5,8,10H,6-7H2,(H,13,15)(H,14,16)(H,17,18). The lowest BCUT2D eigenvalue weighted by atomic mass is 10.3. The van der Waals surface area contributed by atoms with Crippen molar-refractivity contribution in [1.82, 2.24) is 5.32 Å². The molecule has 0 radical (unpaired) electrons. The fraction of sp³-hybridized carbons (Fsp3) is 0.250. The second-order valence-corrected chi connectivity index (χ2v) is 4.63. The van der Waals surface area contributed by atoms with E-state index in [4.69, 9.17) is 5.11 Å². The number of hydrogen-bond donors (Lipinski definition) is 3. The molecule has 7 heteroatoms. The molecule has 1 unspecified atom stereocenters. The highest BCUT2D eigenvalue weighted by Gasteiger charge is 2.16. The number of amides is 2. The molecular weight excluding hydrogens is 268 g/mol. The van der Waals surface area contributed by atoms with Crippen molar-refractivity contribution >= 4 is 35.7 Å². The van der Waals surface area contributed by atoms with Crippen LogP contribution in [0.4, 0.5) is 5.69 Å². The number of carbonyl (C=O) groups is 3. The van der Waals surface area contributed by atoms with Gasteiger partial charge < -0.3 is 15.7 Å². The van der Waals surface area contributed by atoms with Gasteiger partial charge in [-0.15, -0.1) is 11.8 Å². The number of nitrogens with one attached hydrogen (secondary N) is 2. The first-order valence-corrected chi connectivity index (χ1v) is 6.64. The van der Waals surface area contributed by atoms with Crippen LogP contribution in [0.25, 0.3) is 0 Å². The van der Waals surface area contributed by atoms with Gasteiger partial charge in [0.1, 0.15) is 6.04 Å². The minimum atomic E-state index is -1.12. The predicted molar refractivity (Wildman–Crippen MR) is 73.0 cm³/mol. The first-order valence-electron chi connectivity index (χ1n) is 5.48. The molecule has 19 heavy (non-hydrogen) atoms. The number of carboxylic acid groups (broad SMARTS) is 1. The van der Waals surface area contributed by atoms with Crippen LogP contribution >= 0.6 is 11.8 Å². The number of benzene rings is 1. The number of aliphatic carboxylic acids is 1. The highest BCUT2D eigenvalue weighted by Crippen LogP contribution is 2.08. The van der Waals surface area contributed by atoms with E-state index < -0.39 is 12.0 Å². The molecule has 0 saturated heterocycles. The van der Waals surface area contributed by atoms with Gasteiger partial charge in [0.15, 0.2) is 0 Å². The Morgan fingerprint density at radius 1 is 1.32 bits per heavy atom. The molecule has 0 aliphatic heterocycles. The smallest absolute Gasteiger partial charge is 0.327 e. The summed E-state index contributed by atoms with van der Waals surface area (Å²) in [5.74, 6) is -1.08. The second kappa shape index (κ2) is 8.15. The predicted octanol–water partition coefficient (Wildman–Crippen LogP) is 0.557. The third-order valence-electron chi connectivity index (χ3n) is 2.14. The number of thioether (sulfide) groups is 1.